The number of nitrogens with one attached hydrogen (secondary N) is 1. The summed E-state index contributed by atoms with van der Waals surface area (Å²) in [5.74, 6) is 0.0516. The summed E-state index contributed by atoms with van der Waals surface area (Å²) in [4.78, 5) is 29.9. The molecule has 5 rings (SSSR count). The van der Waals surface area contributed by atoms with E-state index in [0.29, 0.717) is 17.0 Å². The second-order valence-electron chi connectivity index (χ2n) is 8.48. The van der Waals surface area contributed by atoms with Crippen molar-refractivity contribution in [3.8, 4) is 0 Å². The van der Waals surface area contributed by atoms with E-state index in [2.05, 4.69) is 15.6 Å². The van der Waals surface area contributed by atoms with Gasteiger partial charge in [0.25, 0.3) is 0 Å². The maximum absolute atomic E-state index is 14.0. The Hall–Kier alpha value is -4.24. The Labute approximate surface area is 212 Å². The zero-order valence-electron chi connectivity index (χ0n) is 19.9. The first-order chi connectivity index (χ1) is 17.5. The van der Waals surface area contributed by atoms with Gasteiger partial charge in [0.05, 0.1) is 18.3 Å². The molecule has 0 aliphatic rings. The van der Waals surface area contributed by atoms with Crippen LogP contribution in [-0.2, 0) is 22.7 Å². The summed E-state index contributed by atoms with van der Waals surface area (Å²) in [6, 6.07) is 19.7. The zero-order chi connectivity index (χ0) is 25.1. The number of amides is 2. The van der Waals surface area contributed by atoms with Crippen LogP contribution in [0, 0.1) is 13.8 Å². The van der Waals surface area contributed by atoms with Crippen molar-refractivity contribution < 1.29 is 14.0 Å². The fourth-order valence-electron chi connectivity index (χ4n) is 4.06. The molecule has 0 saturated heterocycles. The van der Waals surface area contributed by atoms with Crippen LogP contribution in [0.1, 0.15) is 27.8 Å². The molecule has 0 unspecified atom stereocenters. The maximum atomic E-state index is 14.0. The number of hydrogen-bond acceptors (Lipinski definition) is 6. The number of hydrogen-bond donors (Lipinski definition) is 1. The van der Waals surface area contributed by atoms with E-state index in [1.807, 2.05) is 73.8 Å². The van der Waals surface area contributed by atoms with Gasteiger partial charge in [0, 0.05) is 10.6 Å². The van der Waals surface area contributed by atoms with Crippen molar-refractivity contribution in [2.45, 2.75) is 33.0 Å². The van der Waals surface area contributed by atoms with Crippen molar-refractivity contribution in [3.63, 3.8) is 0 Å². The number of fused-ring (bicyclic) bond motifs is 1. The van der Waals surface area contributed by atoms with Gasteiger partial charge < -0.3 is 9.73 Å². The number of carbonyl (C=O) groups excluding carboxylic acids is 2. The van der Waals surface area contributed by atoms with Crippen molar-refractivity contribution in [3.05, 3.63) is 100 Å². The largest absolute Gasteiger partial charge is 0.467 e. The number of aryl methyl sites for hydroxylation is 2. The van der Waals surface area contributed by atoms with Gasteiger partial charge in [-0.05, 0) is 72.8 Å². The molecule has 0 fully saturated rings. The molecular formula is C27H25N5O3S. The Bertz CT molecular complexity index is 1490. The molecule has 2 amide bonds. The molecule has 0 saturated carbocycles. The topological polar surface area (TPSA) is 93.3 Å². The van der Waals surface area contributed by atoms with Crippen LogP contribution in [0.3, 0.4) is 0 Å². The predicted octanol–water partition coefficient (Wildman–Crippen LogP) is 4.79. The van der Waals surface area contributed by atoms with Gasteiger partial charge in [-0.1, -0.05) is 29.5 Å². The van der Waals surface area contributed by atoms with Crippen molar-refractivity contribution in [2.24, 2.45) is 0 Å². The number of para-hydroxylation sites is 1. The third-order valence-electron chi connectivity index (χ3n) is 6.08. The molecule has 0 aliphatic heterocycles. The van der Waals surface area contributed by atoms with E-state index in [1.165, 1.54) is 11.3 Å². The van der Waals surface area contributed by atoms with Crippen LogP contribution in [0.5, 0.6) is 0 Å². The number of nitrogens with zero attached hydrogens (tertiary/aromatic N) is 4. The fraction of sp³-hybridized carbons (Fsp3) is 0.185. The summed E-state index contributed by atoms with van der Waals surface area (Å²) in [5.41, 5.74) is 4.22. The molecule has 3 aromatic heterocycles. The number of aromatic nitrogens is 3. The standard InChI is InChI=1S/C27H25N5O3S/c1-18-11-12-20(15-19(18)2)32(25(33)17-31-23-9-4-3-8-22(23)29-30-31)26(24-10-6-14-36-24)27(34)28-16-21-7-5-13-35-21/h3-15,26H,16-17H2,1-2H3,(H,28,34)/t26-/m0/s1. The normalized spacial score (nSPS) is 11.9. The van der Waals surface area contributed by atoms with Crippen molar-refractivity contribution in [2.75, 3.05) is 4.90 Å². The van der Waals surface area contributed by atoms with Gasteiger partial charge in [0.2, 0.25) is 11.8 Å². The predicted molar refractivity (Wildman–Crippen MR) is 139 cm³/mol. The van der Waals surface area contributed by atoms with E-state index in [9.17, 15) is 9.59 Å². The lowest BCUT2D eigenvalue weighted by molar-refractivity contribution is -0.127. The first kappa shape index (κ1) is 23.5. The smallest absolute Gasteiger partial charge is 0.249 e. The molecule has 2 aromatic carbocycles. The van der Waals surface area contributed by atoms with Crippen molar-refractivity contribution >= 4 is 39.9 Å². The van der Waals surface area contributed by atoms with E-state index < -0.39 is 6.04 Å². The Morgan fingerprint density at radius 2 is 1.92 bits per heavy atom. The Balaban J connectivity index is 1.54. The minimum Gasteiger partial charge on any atom is -0.467 e. The highest BCUT2D eigenvalue weighted by Crippen LogP contribution is 2.32. The highest BCUT2D eigenvalue weighted by molar-refractivity contribution is 7.10. The van der Waals surface area contributed by atoms with Crippen LogP contribution >= 0.6 is 11.3 Å². The number of rotatable bonds is 8. The highest BCUT2D eigenvalue weighted by Gasteiger charge is 2.34. The summed E-state index contributed by atoms with van der Waals surface area (Å²) in [6.07, 6.45) is 1.56. The zero-order valence-corrected chi connectivity index (χ0v) is 20.7. The Kier molecular flexibility index (Phi) is 6.64. The molecule has 182 valence electrons. The molecular weight excluding hydrogens is 474 g/mol. The molecule has 0 bridgehead atoms. The van der Waals surface area contributed by atoms with Crippen LogP contribution in [0.4, 0.5) is 5.69 Å². The second-order valence-corrected chi connectivity index (χ2v) is 9.46. The lowest BCUT2D eigenvalue weighted by Gasteiger charge is -2.31. The molecule has 0 aliphatic carbocycles. The van der Waals surface area contributed by atoms with Gasteiger partial charge in [-0.3, -0.25) is 14.5 Å². The van der Waals surface area contributed by atoms with Gasteiger partial charge in [0.1, 0.15) is 23.9 Å². The van der Waals surface area contributed by atoms with Crippen molar-refractivity contribution in [1.29, 1.82) is 0 Å². The molecule has 1 N–H and O–H groups in total. The number of thiophene rings is 1. The first-order valence-electron chi connectivity index (χ1n) is 11.5. The highest BCUT2D eigenvalue weighted by atomic mass is 32.1. The first-order valence-corrected chi connectivity index (χ1v) is 12.4. The third-order valence-corrected chi connectivity index (χ3v) is 7.00. The minimum atomic E-state index is -0.871. The molecule has 0 radical (unpaired) electrons. The Morgan fingerprint density at radius 3 is 2.67 bits per heavy atom. The van der Waals surface area contributed by atoms with Crippen LogP contribution in [-0.4, -0.2) is 26.8 Å². The van der Waals surface area contributed by atoms with Crippen LogP contribution in [0.15, 0.2) is 82.8 Å². The van der Waals surface area contributed by atoms with Gasteiger partial charge in [-0.2, -0.15) is 0 Å². The van der Waals surface area contributed by atoms with E-state index in [1.54, 1.807) is 28.0 Å². The molecule has 8 nitrogen and oxygen atoms in total. The summed E-state index contributed by atoms with van der Waals surface area (Å²) in [5, 5.41) is 13.2. The summed E-state index contributed by atoms with van der Waals surface area (Å²) < 4.78 is 6.94. The number of carbonyl (C=O) groups is 2. The van der Waals surface area contributed by atoms with Crippen molar-refractivity contribution in [1.82, 2.24) is 20.3 Å². The van der Waals surface area contributed by atoms with Gasteiger partial charge in [-0.15, -0.1) is 16.4 Å². The molecule has 36 heavy (non-hydrogen) atoms. The van der Waals surface area contributed by atoms with E-state index in [0.717, 1.165) is 21.5 Å². The van der Waals surface area contributed by atoms with Crippen LogP contribution in [0.25, 0.3) is 11.0 Å². The van der Waals surface area contributed by atoms with Gasteiger partial charge >= 0.3 is 0 Å². The van der Waals surface area contributed by atoms with Crippen LogP contribution in [0.2, 0.25) is 0 Å². The average molecular weight is 500 g/mol. The molecule has 1 atom stereocenters. The lowest BCUT2D eigenvalue weighted by Crippen LogP contribution is -2.45. The Morgan fingerprint density at radius 1 is 1.06 bits per heavy atom. The summed E-state index contributed by atoms with van der Waals surface area (Å²) in [6.45, 7) is 4.15. The summed E-state index contributed by atoms with van der Waals surface area (Å²) >= 11 is 1.43. The maximum Gasteiger partial charge on any atom is 0.249 e. The SMILES string of the molecule is Cc1ccc(N(C(=O)Cn2nnc3ccccc32)[C@H](C(=O)NCc2ccco2)c2cccs2)cc1C. The van der Waals surface area contributed by atoms with Crippen LogP contribution < -0.4 is 10.2 Å². The van der Waals surface area contributed by atoms with E-state index in [-0.39, 0.29) is 24.9 Å². The number of benzene rings is 2. The third kappa shape index (κ3) is 4.78. The average Bonchev–Trinajstić information content (AvgIpc) is 3.66. The van der Waals surface area contributed by atoms with Gasteiger partial charge in [-0.25, -0.2) is 4.68 Å². The second kappa shape index (κ2) is 10.2. The fourth-order valence-corrected chi connectivity index (χ4v) is 4.87. The number of furan rings is 1. The number of anilines is 1. The molecule has 3 heterocycles. The van der Waals surface area contributed by atoms with Gasteiger partial charge in [0.15, 0.2) is 0 Å². The lowest BCUT2D eigenvalue weighted by atomic mass is 10.1. The molecule has 9 heteroatoms. The van der Waals surface area contributed by atoms with E-state index in [4.69, 9.17) is 4.42 Å². The minimum absolute atomic E-state index is 0.0687. The molecule has 0 spiro atoms. The quantitative estimate of drug-likeness (QED) is 0.331. The molecule has 5 aromatic rings. The van der Waals surface area contributed by atoms with E-state index >= 15 is 0 Å². The summed E-state index contributed by atoms with van der Waals surface area (Å²) in [7, 11) is 0. The monoisotopic (exact) mass is 499 g/mol.